The van der Waals surface area contributed by atoms with E-state index < -0.39 is 0 Å². The van der Waals surface area contributed by atoms with Crippen LogP contribution in [0.4, 0.5) is 5.69 Å². The number of nitrogens with one attached hydrogen (secondary N) is 1. The van der Waals surface area contributed by atoms with Gasteiger partial charge in [-0.25, -0.2) is 4.98 Å². The van der Waals surface area contributed by atoms with Crippen LogP contribution in [-0.2, 0) is 17.6 Å². The molecule has 0 atom stereocenters. The maximum absolute atomic E-state index is 12.5. The molecular formula is C23H18Cl2N2OS. The minimum Gasteiger partial charge on any atom is -0.324 e. The molecule has 1 aromatic heterocycles. The lowest BCUT2D eigenvalue weighted by atomic mass is 10.0. The van der Waals surface area contributed by atoms with Gasteiger partial charge in [0.05, 0.1) is 32.9 Å². The van der Waals surface area contributed by atoms with Gasteiger partial charge in [0.15, 0.2) is 0 Å². The highest BCUT2D eigenvalue weighted by Crippen LogP contribution is 2.30. The zero-order valence-electron chi connectivity index (χ0n) is 15.7. The summed E-state index contributed by atoms with van der Waals surface area (Å²) in [6.45, 7) is 1.94. The molecule has 29 heavy (non-hydrogen) atoms. The number of hydrogen-bond acceptors (Lipinski definition) is 3. The highest BCUT2D eigenvalue weighted by Gasteiger charge is 2.15. The standard InChI is InChI=1S/C23H18Cl2N2OS/c1-14-20(13-21(28)27-19-11-5-10-18(24)23(19)25)29-22(26-14)12-16-8-4-7-15-6-2-3-9-17(15)16/h2-11H,12-13H2,1H3,(H,27,28). The molecule has 1 heterocycles. The van der Waals surface area contributed by atoms with Crippen molar-refractivity contribution in [2.45, 2.75) is 19.8 Å². The number of aromatic nitrogens is 1. The normalized spacial score (nSPS) is 11.0. The summed E-state index contributed by atoms with van der Waals surface area (Å²) in [5.41, 5.74) is 2.64. The number of rotatable bonds is 5. The lowest BCUT2D eigenvalue weighted by Crippen LogP contribution is -2.14. The molecule has 0 aliphatic rings. The second-order valence-electron chi connectivity index (χ2n) is 6.76. The molecule has 0 aliphatic carbocycles. The van der Waals surface area contributed by atoms with Gasteiger partial charge < -0.3 is 5.32 Å². The second-order valence-corrected chi connectivity index (χ2v) is 8.71. The van der Waals surface area contributed by atoms with Gasteiger partial charge in [-0.05, 0) is 35.4 Å². The van der Waals surface area contributed by atoms with Crippen molar-refractivity contribution >= 4 is 56.9 Å². The summed E-state index contributed by atoms with van der Waals surface area (Å²) in [4.78, 5) is 18.2. The molecule has 0 fully saturated rings. The number of hydrogen-bond donors (Lipinski definition) is 1. The number of nitrogens with zero attached hydrogens (tertiary/aromatic N) is 1. The van der Waals surface area contributed by atoms with Crippen LogP contribution in [0.2, 0.25) is 10.0 Å². The summed E-state index contributed by atoms with van der Waals surface area (Å²) in [7, 11) is 0. The zero-order chi connectivity index (χ0) is 20.4. The van der Waals surface area contributed by atoms with Crippen molar-refractivity contribution in [2.24, 2.45) is 0 Å². The fourth-order valence-corrected chi connectivity index (χ4v) is 4.72. The predicted molar refractivity (Wildman–Crippen MR) is 122 cm³/mol. The van der Waals surface area contributed by atoms with Gasteiger partial charge in [0.1, 0.15) is 0 Å². The lowest BCUT2D eigenvalue weighted by molar-refractivity contribution is -0.115. The van der Waals surface area contributed by atoms with E-state index in [-0.39, 0.29) is 12.3 Å². The van der Waals surface area contributed by atoms with Crippen molar-refractivity contribution < 1.29 is 4.79 Å². The van der Waals surface area contributed by atoms with E-state index in [2.05, 4.69) is 41.7 Å². The summed E-state index contributed by atoms with van der Waals surface area (Å²) in [5.74, 6) is -0.141. The van der Waals surface area contributed by atoms with E-state index in [0.717, 1.165) is 22.0 Å². The summed E-state index contributed by atoms with van der Waals surface area (Å²) in [6.07, 6.45) is 0.997. The number of amides is 1. The van der Waals surface area contributed by atoms with E-state index in [1.54, 1.807) is 29.5 Å². The van der Waals surface area contributed by atoms with Crippen LogP contribution in [0.3, 0.4) is 0 Å². The van der Waals surface area contributed by atoms with Gasteiger partial charge in [-0.3, -0.25) is 4.79 Å². The lowest BCUT2D eigenvalue weighted by Gasteiger charge is -2.07. The maximum Gasteiger partial charge on any atom is 0.229 e. The molecule has 0 aliphatic heterocycles. The molecule has 4 aromatic rings. The number of carbonyl (C=O) groups is 1. The van der Waals surface area contributed by atoms with Gasteiger partial charge in [-0.15, -0.1) is 11.3 Å². The van der Waals surface area contributed by atoms with E-state index in [9.17, 15) is 4.79 Å². The van der Waals surface area contributed by atoms with Gasteiger partial charge in [0, 0.05) is 11.3 Å². The van der Waals surface area contributed by atoms with Crippen LogP contribution in [0.25, 0.3) is 10.8 Å². The van der Waals surface area contributed by atoms with E-state index >= 15 is 0 Å². The molecule has 3 aromatic carbocycles. The molecule has 4 rings (SSSR count). The highest BCUT2D eigenvalue weighted by molar-refractivity contribution is 7.11. The quantitative estimate of drug-likeness (QED) is 0.375. The van der Waals surface area contributed by atoms with E-state index in [1.165, 1.54) is 16.3 Å². The van der Waals surface area contributed by atoms with Crippen molar-refractivity contribution in [3.63, 3.8) is 0 Å². The van der Waals surface area contributed by atoms with Gasteiger partial charge in [-0.1, -0.05) is 71.7 Å². The Balaban J connectivity index is 1.50. The third-order valence-electron chi connectivity index (χ3n) is 4.71. The molecule has 0 saturated heterocycles. The molecule has 146 valence electrons. The van der Waals surface area contributed by atoms with Gasteiger partial charge in [-0.2, -0.15) is 0 Å². The molecular weight excluding hydrogens is 423 g/mol. The Bertz CT molecular complexity index is 1200. The van der Waals surface area contributed by atoms with Crippen LogP contribution in [-0.4, -0.2) is 10.9 Å². The van der Waals surface area contributed by atoms with E-state index in [1.807, 2.05) is 13.0 Å². The predicted octanol–water partition coefficient (Wildman–Crippen LogP) is 6.68. The van der Waals surface area contributed by atoms with Crippen molar-refractivity contribution in [3.8, 4) is 0 Å². The minimum absolute atomic E-state index is 0.141. The average Bonchev–Trinajstić information content (AvgIpc) is 3.04. The molecule has 3 nitrogen and oxygen atoms in total. The Morgan fingerprint density at radius 3 is 2.66 bits per heavy atom. The Labute approximate surface area is 183 Å². The Morgan fingerprint density at radius 2 is 1.79 bits per heavy atom. The number of thiazole rings is 1. The molecule has 0 saturated carbocycles. The fourth-order valence-electron chi connectivity index (χ4n) is 3.28. The van der Waals surface area contributed by atoms with Crippen LogP contribution in [0, 0.1) is 6.92 Å². The van der Waals surface area contributed by atoms with Crippen LogP contribution < -0.4 is 5.32 Å². The average molecular weight is 441 g/mol. The maximum atomic E-state index is 12.5. The van der Waals surface area contributed by atoms with E-state index in [4.69, 9.17) is 28.2 Å². The first-order valence-corrected chi connectivity index (χ1v) is 10.7. The Morgan fingerprint density at radius 1 is 1.03 bits per heavy atom. The minimum atomic E-state index is -0.141. The van der Waals surface area contributed by atoms with Crippen molar-refractivity contribution in [2.75, 3.05) is 5.32 Å². The van der Waals surface area contributed by atoms with Crippen LogP contribution in [0.5, 0.6) is 0 Å². The SMILES string of the molecule is Cc1nc(Cc2cccc3ccccc23)sc1CC(=O)Nc1cccc(Cl)c1Cl. The molecule has 6 heteroatoms. The number of carbonyl (C=O) groups excluding carboxylic acids is 1. The Hall–Kier alpha value is -2.40. The number of fused-ring (bicyclic) bond motifs is 1. The molecule has 1 N–H and O–H groups in total. The highest BCUT2D eigenvalue weighted by atomic mass is 35.5. The molecule has 0 radical (unpaired) electrons. The molecule has 0 unspecified atom stereocenters. The summed E-state index contributed by atoms with van der Waals surface area (Å²) in [5, 5.41) is 7.05. The van der Waals surface area contributed by atoms with Crippen LogP contribution >= 0.6 is 34.5 Å². The third-order valence-corrected chi connectivity index (χ3v) is 6.68. The zero-order valence-corrected chi connectivity index (χ0v) is 18.0. The summed E-state index contributed by atoms with van der Waals surface area (Å²) in [6, 6.07) is 19.8. The van der Waals surface area contributed by atoms with Crippen molar-refractivity contribution in [1.82, 2.24) is 4.98 Å². The third kappa shape index (κ3) is 4.45. The van der Waals surface area contributed by atoms with Gasteiger partial charge in [0.2, 0.25) is 5.91 Å². The number of halogens is 2. The summed E-state index contributed by atoms with van der Waals surface area (Å²) < 4.78 is 0. The van der Waals surface area contributed by atoms with Gasteiger partial charge in [0.25, 0.3) is 0 Å². The first kappa shape index (κ1) is 19.9. The molecule has 1 amide bonds. The first-order chi connectivity index (χ1) is 14.0. The fraction of sp³-hybridized carbons (Fsp3) is 0.130. The smallest absolute Gasteiger partial charge is 0.229 e. The number of benzene rings is 3. The molecule has 0 spiro atoms. The first-order valence-electron chi connectivity index (χ1n) is 9.17. The monoisotopic (exact) mass is 440 g/mol. The van der Waals surface area contributed by atoms with Crippen LogP contribution in [0.1, 0.15) is 21.1 Å². The number of anilines is 1. The largest absolute Gasteiger partial charge is 0.324 e. The van der Waals surface area contributed by atoms with E-state index in [0.29, 0.717) is 15.7 Å². The topological polar surface area (TPSA) is 42.0 Å². The van der Waals surface area contributed by atoms with Crippen LogP contribution in [0.15, 0.2) is 60.7 Å². The van der Waals surface area contributed by atoms with Crippen molar-refractivity contribution in [3.05, 3.63) is 91.9 Å². The molecule has 0 bridgehead atoms. The Kier molecular flexibility index (Phi) is 5.86. The van der Waals surface area contributed by atoms with Crippen molar-refractivity contribution in [1.29, 1.82) is 0 Å². The van der Waals surface area contributed by atoms with Gasteiger partial charge >= 0.3 is 0 Å². The number of aryl methyl sites for hydroxylation is 1. The summed E-state index contributed by atoms with van der Waals surface area (Å²) >= 11 is 13.7. The second kappa shape index (κ2) is 8.54.